The van der Waals surface area contributed by atoms with E-state index in [4.69, 9.17) is 0 Å². The first kappa shape index (κ1) is 16.0. The molecule has 2 aromatic carbocycles. The molecule has 1 unspecified atom stereocenters. The zero-order valence-electron chi connectivity index (χ0n) is 12.8. The van der Waals surface area contributed by atoms with Crippen molar-refractivity contribution in [2.75, 3.05) is 0 Å². The van der Waals surface area contributed by atoms with Crippen molar-refractivity contribution in [3.8, 4) is 5.75 Å². The molecule has 0 bridgehead atoms. The van der Waals surface area contributed by atoms with Crippen molar-refractivity contribution in [2.24, 2.45) is 0 Å². The molecule has 0 spiro atoms. The Bertz CT molecular complexity index is 620. The number of phenolic OH excluding ortho intramolecular Hbond substituents is 1. The van der Waals surface area contributed by atoms with E-state index in [2.05, 4.69) is 13.8 Å². The van der Waals surface area contributed by atoms with Gasteiger partial charge in [-0.25, -0.2) is 4.39 Å². The molecule has 21 heavy (non-hydrogen) atoms. The Balaban J connectivity index is 2.50. The van der Waals surface area contributed by atoms with Gasteiger partial charge in [0.05, 0.1) is 0 Å². The van der Waals surface area contributed by atoms with Gasteiger partial charge in [0.15, 0.2) is 0 Å². The van der Waals surface area contributed by atoms with Gasteiger partial charge >= 0.3 is 0 Å². The summed E-state index contributed by atoms with van der Waals surface area (Å²) >= 11 is 0. The van der Waals surface area contributed by atoms with Crippen LogP contribution < -0.4 is 5.30 Å². The van der Waals surface area contributed by atoms with E-state index in [1.54, 1.807) is 12.1 Å². The highest BCUT2D eigenvalue weighted by atomic mass is 31.1. The van der Waals surface area contributed by atoms with Crippen LogP contribution in [0.15, 0.2) is 42.5 Å². The van der Waals surface area contributed by atoms with E-state index in [-0.39, 0.29) is 11.0 Å². The summed E-state index contributed by atoms with van der Waals surface area (Å²) in [5.41, 5.74) is 2.06. The van der Waals surface area contributed by atoms with Crippen molar-refractivity contribution in [3.05, 3.63) is 59.4 Å². The van der Waals surface area contributed by atoms with Gasteiger partial charge in [-0.3, -0.25) is 0 Å². The van der Waals surface area contributed by atoms with E-state index >= 15 is 0 Å². The average molecular weight is 304 g/mol. The molecule has 0 fully saturated rings. The first-order chi connectivity index (χ1) is 10.0. The molecule has 0 aliphatic rings. The smallest absolute Gasteiger partial charge is 0.130 e. The van der Waals surface area contributed by atoms with Gasteiger partial charge < -0.3 is 5.11 Å². The van der Waals surface area contributed by atoms with Crippen molar-refractivity contribution in [1.82, 2.24) is 0 Å². The van der Waals surface area contributed by atoms with Crippen molar-refractivity contribution < 1.29 is 9.50 Å². The van der Waals surface area contributed by atoms with Crippen LogP contribution in [0.25, 0.3) is 0 Å². The molecular weight excluding hydrogens is 282 g/mol. The molecule has 1 nitrogen and oxygen atoms in total. The van der Waals surface area contributed by atoms with Crippen molar-refractivity contribution in [2.45, 2.75) is 38.8 Å². The summed E-state index contributed by atoms with van der Waals surface area (Å²) in [5, 5.41) is 10.8. The van der Waals surface area contributed by atoms with Crippen molar-refractivity contribution >= 4 is 13.9 Å². The van der Waals surface area contributed by atoms with Crippen LogP contribution >= 0.6 is 8.58 Å². The van der Waals surface area contributed by atoms with Crippen molar-refractivity contribution in [1.29, 1.82) is 0 Å². The molecule has 112 valence electrons. The Morgan fingerprint density at radius 3 is 2.38 bits per heavy atom. The highest BCUT2D eigenvalue weighted by Gasteiger charge is 2.32. The standard InChI is InChI=1S/C18H22FOP/c1-4-18(5-2,14-12-13(3)10-11-16(14)20)21-17-9-7-6-8-15(17)19/h6-12,20-21H,4-5H2,1-3H3. The van der Waals surface area contributed by atoms with Gasteiger partial charge in [0.2, 0.25) is 0 Å². The number of phenols is 1. The van der Waals surface area contributed by atoms with E-state index in [0.29, 0.717) is 14.3 Å². The number of hydrogen-bond donors (Lipinski definition) is 1. The normalized spacial score (nSPS) is 12.2. The van der Waals surface area contributed by atoms with Crippen LogP contribution in [-0.4, -0.2) is 5.11 Å². The molecule has 0 aliphatic carbocycles. The molecule has 1 atom stereocenters. The molecule has 0 saturated carbocycles. The van der Waals surface area contributed by atoms with Crippen LogP contribution in [0.3, 0.4) is 0 Å². The molecule has 0 saturated heterocycles. The van der Waals surface area contributed by atoms with Crippen LogP contribution in [0.4, 0.5) is 4.39 Å². The molecule has 2 aromatic rings. The van der Waals surface area contributed by atoms with Crippen LogP contribution in [-0.2, 0) is 5.16 Å². The third kappa shape index (κ3) is 3.27. The van der Waals surface area contributed by atoms with Gasteiger partial charge in [-0.05, 0) is 31.9 Å². The number of benzene rings is 2. The Kier molecular flexibility index (Phi) is 5.00. The number of aryl methyl sites for hydroxylation is 1. The minimum Gasteiger partial charge on any atom is -0.508 e. The molecule has 3 heteroatoms. The summed E-state index contributed by atoms with van der Waals surface area (Å²) in [6.07, 6.45) is 1.74. The van der Waals surface area contributed by atoms with Crippen LogP contribution in [0.5, 0.6) is 5.75 Å². The highest BCUT2D eigenvalue weighted by Crippen LogP contribution is 2.50. The maximum absolute atomic E-state index is 14.0. The van der Waals surface area contributed by atoms with Gasteiger partial charge in [0.25, 0.3) is 0 Å². The van der Waals surface area contributed by atoms with Gasteiger partial charge in [-0.2, -0.15) is 0 Å². The monoisotopic (exact) mass is 304 g/mol. The van der Waals surface area contributed by atoms with E-state index < -0.39 is 0 Å². The lowest BCUT2D eigenvalue weighted by Crippen LogP contribution is -2.23. The van der Waals surface area contributed by atoms with Gasteiger partial charge in [0.1, 0.15) is 11.6 Å². The van der Waals surface area contributed by atoms with E-state index in [1.807, 2.05) is 31.2 Å². The fraction of sp³-hybridized carbons (Fsp3) is 0.333. The fourth-order valence-electron chi connectivity index (χ4n) is 2.73. The maximum Gasteiger partial charge on any atom is 0.130 e. The summed E-state index contributed by atoms with van der Waals surface area (Å²) in [6.45, 7) is 6.24. The highest BCUT2D eigenvalue weighted by molar-refractivity contribution is 7.48. The summed E-state index contributed by atoms with van der Waals surface area (Å²) in [4.78, 5) is 0. The SMILES string of the molecule is CCC(CC)(Pc1ccccc1F)c1cc(C)ccc1O. The number of rotatable bonds is 5. The maximum atomic E-state index is 14.0. The first-order valence-electron chi connectivity index (χ1n) is 7.35. The predicted molar refractivity (Wildman–Crippen MR) is 89.5 cm³/mol. The Hall–Kier alpha value is -1.40. The summed E-state index contributed by atoms with van der Waals surface area (Å²) in [5.74, 6) is 0.155. The lowest BCUT2D eigenvalue weighted by atomic mass is 9.91. The molecule has 0 amide bonds. The number of halogens is 1. The van der Waals surface area contributed by atoms with Gasteiger partial charge in [0, 0.05) is 16.0 Å². The molecule has 0 radical (unpaired) electrons. The van der Waals surface area contributed by atoms with Crippen LogP contribution in [0.1, 0.15) is 37.8 Å². The summed E-state index contributed by atoms with van der Waals surface area (Å²) < 4.78 is 14.0. The third-order valence-electron chi connectivity index (χ3n) is 4.12. The third-order valence-corrected chi connectivity index (χ3v) is 6.25. The Morgan fingerprint density at radius 1 is 1.10 bits per heavy atom. The van der Waals surface area contributed by atoms with Gasteiger partial charge in [-0.15, -0.1) is 0 Å². The molecular formula is C18H22FOP. The lowest BCUT2D eigenvalue weighted by molar-refractivity contribution is 0.448. The van der Waals surface area contributed by atoms with E-state index in [9.17, 15) is 9.50 Å². The Labute approximate surface area is 128 Å². The second-order valence-electron chi connectivity index (χ2n) is 5.41. The average Bonchev–Trinajstić information content (AvgIpc) is 2.49. The van der Waals surface area contributed by atoms with Crippen LogP contribution in [0, 0.1) is 12.7 Å². The lowest BCUT2D eigenvalue weighted by Gasteiger charge is -2.33. The molecule has 2 rings (SSSR count). The van der Waals surface area contributed by atoms with Crippen LogP contribution in [0.2, 0.25) is 0 Å². The second kappa shape index (κ2) is 6.58. The molecule has 0 heterocycles. The second-order valence-corrected chi connectivity index (χ2v) is 7.16. The van der Waals surface area contributed by atoms with E-state index in [1.165, 1.54) is 6.07 Å². The zero-order valence-corrected chi connectivity index (χ0v) is 13.8. The Morgan fingerprint density at radius 2 is 1.76 bits per heavy atom. The quantitative estimate of drug-likeness (QED) is 0.782. The number of hydrogen-bond acceptors (Lipinski definition) is 1. The van der Waals surface area contributed by atoms with Gasteiger partial charge in [-0.1, -0.05) is 58.3 Å². The first-order valence-corrected chi connectivity index (χ1v) is 8.35. The predicted octanol–water partition coefficient (Wildman–Crippen LogP) is 4.86. The molecule has 0 aliphatic heterocycles. The number of aromatic hydroxyl groups is 1. The molecule has 1 N–H and O–H groups in total. The van der Waals surface area contributed by atoms with E-state index in [0.717, 1.165) is 29.3 Å². The topological polar surface area (TPSA) is 20.2 Å². The largest absolute Gasteiger partial charge is 0.508 e. The molecule has 0 aromatic heterocycles. The summed E-state index contributed by atoms with van der Waals surface area (Å²) in [7, 11) is 0.300. The van der Waals surface area contributed by atoms with Crippen molar-refractivity contribution in [3.63, 3.8) is 0 Å². The summed E-state index contributed by atoms with van der Waals surface area (Å²) in [6, 6.07) is 12.6. The minimum absolute atomic E-state index is 0.158. The zero-order chi connectivity index (χ0) is 15.5. The fourth-order valence-corrected chi connectivity index (χ4v) is 4.31. The minimum atomic E-state index is -0.210.